The number of benzene rings is 1. The lowest BCUT2D eigenvalue weighted by molar-refractivity contribution is 0.252. The fourth-order valence-electron chi connectivity index (χ4n) is 2.77. The third-order valence-corrected chi connectivity index (χ3v) is 4.96. The molecule has 0 fully saturated rings. The van der Waals surface area contributed by atoms with E-state index in [1.54, 1.807) is 12.4 Å². The molecule has 4 N–H and O–H groups in total. The van der Waals surface area contributed by atoms with Crippen molar-refractivity contribution < 1.29 is 4.79 Å². The maximum atomic E-state index is 11.9. The van der Waals surface area contributed by atoms with Crippen LogP contribution in [0, 0.1) is 0 Å². The standard InChI is InChI=1S/C19H17N7OS/c1-2-22-18(27)26-19-25-14-8-11(15-9-21-10-16(20)24-15)7-12(17(14)28-19)13-5-3-4-6-23-13/h3-10H,2H2,1H3,(H2,20,24)(H2,22,25,26,27). The molecule has 0 radical (unpaired) electrons. The van der Waals surface area contributed by atoms with E-state index >= 15 is 0 Å². The van der Waals surface area contributed by atoms with Gasteiger partial charge < -0.3 is 11.1 Å². The van der Waals surface area contributed by atoms with Crippen LogP contribution in [0.25, 0.3) is 32.7 Å². The van der Waals surface area contributed by atoms with Crippen LogP contribution in [-0.4, -0.2) is 32.5 Å². The second kappa shape index (κ2) is 7.57. The predicted octanol–water partition coefficient (Wildman–Crippen LogP) is 3.54. The van der Waals surface area contributed by atoms with Crippen LogP contribution in [0.5, 0.6) is 0 Å². The molecule has 1 aromatic carbocycles. The molecule has 0 spiro atoms. The van der Waals surface area contributed by atoms with Gasteiger partial charge in [-0.05, 0) is 31.2 Å². The van der Waals surface area contributed by atoms with Gasteiger partial charge in [-0.25, -0.2) is 14.8 Å². The van der Waals surface area contributed by atoms with Crippen LogP contribution in [0.1, 0.15) is 6.92 Å². The van der Waals surface area contributed by atoms with Gasteiger partial charge in [-0.3, -0.25) is 15.3 Å². The number of thiazole rings is 1. The molecule has 0 aliphatic heterocycles. The molecule has 8 nitrogen and oxygen atoms in total. The monoisotopic (exact) mass is 391 g/mol. The minimum Gasteiger partial charge on any atom is -0.382 e. The van der Waals surface area contributed by atoms with Crippen LogP contribution in [0.15, 0.2) is 48.9 Å². The topological polar surface area (TPSA) is 119 Å². The average molecular weight is 391 g/mol. The van der Waals surface area contributed by atoms with Gasteiger partial charge >= 0.3 is 6.03 Å². The number of pyridine rings is 1. The van der Waals surface area contributed by atoms with Crippen molar-refractivity contribution in [1.82, 2.24) is 25.3 Å². The first-order chi connectivity index (χ1) is 13.6. The van der Waals surface area contributed by atoms with Crippen LogP contribution >= 0.6 is 11.3 Å². The van der Waals surface area contributed by atoms with Crippen molar-refractivity contribution in [2.75, 3.05) is 17.6 Å². The maximum Gasteiger partial charge on any atom is 0.321 e. The summed E-state index contributed by atoms with van der Waals surface area (Å²) in [6, 6.07) is 9.33. The van der Waals surface area contributed by atoms with Crippen molar-refractivity contribution in [1.29, 1.82) is 0 Å². The zero-order valence-corrected chi connectivity index (χ0v) is 15.8. The van der Waals surface area contributed by atoms with Gasteiger partial charge in [0.25, 0.3) is 0 Å². The Labute approximate surface area is 164 Å². The minimum atomic E-state index is -0.289. The van der Waals surface area contributed by atoms with E-state index in [-0.39, 0.29) is 6.03 Å². The molecule has 0 unspecified atom stereocenters. The molecule has 2 amide bonds. The Morgan fingerprint density at radius 3 is 2.82 bits per heavy atom. The van der Waals surface area contributed by atoms with Gasteiger partial charge in [0.1, 0.15) is 5.82 Å². The highest BCUT2D eigenvalue weighted by molar-refractivity contribution is 7.22. The Balaban J connectivity index is 1.87. The van der Waals surface area contributed by atoms with E-state index in [1.165, 1.54) is 17.5 Å². The summed E-state index contributed by atoms with van der Waals surface area (Å²) < 4.78 is 0.922. The van der Waals surface area contributed by atoms with Gasteiger partial charge in [0, 0.05) is 23.9 Å². The fraction of sp³-hybridized carbons (Fsp3) is 0.105. The second-order valence-corrected chi connectivity index (χ2v) is 6.92. The number of urea groups is 1. The molecule has 4 rings (SSSR count). The highest BCUT2D eigenvalue weighted by Crippen LogP contribution is 2.37. The van der Waals surface area contributed by atoms with E-state index in [0.717, 1.165) is 27.0 Å². The third kappa shape index (κ3) is 3.60. The van der Waals surface area contributed by atoms with E-state index in [0.29, 0.717) is 23.2 Å². The molecule has 140 valence electrons. The molecule has 4 aromatic rings. The summed E-state index contributed by atoms with van der Waals surface area (Å²) in [6.07, 6.45) is 4.89. The normalized spacial score (nSPS) is 10.8. The highest BCUT2D eigenvalue weighted by atomic mass is 32.1. The molecule has 0 saturated carbocycles. The number of nitrogens with zero attached hydrogens (tertiary/aromatic N) is 4. The smallest absolute Gasteiger partial charge is 0.321 e. The summed E-state index contributed by atoms with van der Waals surface area (Å²) in [5.74, 6) is 0.342. The lowest BCUT2D eigenvalue weighted by atomic mass is 10.0. The lowest BCUT2D eigenvalue weighted by Crippen LogP contribution is -2.28. The summed E-state index contributed by atoms with van der Waals surface area (Å²) in [5, 5.41) is 5.98. The third-order valence-electron chi connectivity index (χ3n) is 3.94. The molecule has 0 saturated heterocycles. The van der Waals surface area contributed by atoms with Crippen molar-refractivity contribution in [3.05, 3.63) is 48.9 Å². The van der Waals surface area contributed by atoms with Crippen molar-refractivity contribution in [3.63, 3.8) is 0 Å². The van der Waals surface area contributed by atoms with Gasteiger partial charge in [-0.2, -0.15) is 0 Å². The van der Waals surface area contributed by atoms with Gasteiger partial charge in [0.05, 0.1) is 34.0 Å². The number of carbonyl (C=O) groups excluding carboxylic acids is 1. The summed E-state index contributed by atoms with van der Waals surface area (Å²) in [6.45, 7) is 2.39. The van der Waals surface area contributed by atoms with Crippen molar-refractivity contribution in [2.24, 2.45) is 0 Å². The Hall–Kier alpha value is -3.59. The summed E-state index contributed by atoms with van der Waals surface area (Å²) in [7, 11) is 0. The van der Waals surface area contributed by atoms with Crippen LogP contribution in [-0.2, 0) is 0 Å². The van der Waals surface area contributed by atoms with Crippen molar-refractivity contribution in [3.8, 4) is 22.5 Å². The van der Waals surface area contributed by atoms with E-state index in [4.69, 9.17) is 5.73 Å². The molecule has 3 heterocycles. The van der Waals surface area contributed by atoms with E-state index < -0.39 is 0 Å². The van der Waals surface area contributed by atoms with Crippen molar-refractivity contribution in [2.45, 2.75) is 6.92 Å². The van der Waals surface area contributed by atoms with E-state index in [9.17, 15) is 4.79 Å². The molecule has 0 bridgehead atoms. The zero-order valence-electron chi connectivity index (χ0n) is 15.0. The molecule has 0 atom stereocenters. The van der Waals surface area contributed by atoms with Crippen molar-refractivity contribution >= 4 is 38.5 Å². The van der Waals surface area contributed by atoms with Crippen LogP contribution in [0.4, 0.5) is 15.7 Å². The summed E-state index contributed by atoms with van der Waals surface area (Å²) in [5.41, 5.74) is 9.70. The number of nitrogens with one attached hydrogen (secondary N) is 2. The number of nitrogen functional groups attached to an aromatic ring is 1. The zero-order chi connectivity index (χ0) is 19.5. The van der Waals surface area contributed by atoms with Gasteiger partial charge in [-0.15, -0.1) is 0 Å². The molecule has 9 heteroatoms. The first-order valence-corrected chi connectivity index (χ1v) is 9.44. The van der Waals surface area contributed by atoms with Crippen LogP contribution in [0.3, 0.4) is 0 Å². The van der Waals surface area contributed by atoms with Crippen LogP contribution in [0.2, 0.25) is 0 Å². The first-order valence-electron chi connectivity index (χ1n) is 8.63. The molecule has 0 aliphatic carbocycles. The minimum absolute atomic E-state index is 0.289. The Kier molecular flexibility index (Phi) is 4.81. The summed E-state index contributed by atoms with van der Waals surface area (Å²) >= 11 is 1.40. The predicted molar refractivity (Wildman–Crippen MR) is 111 cm³/mol. The number of rotatable bonds is 4. The number of carbonyl (C=O) groups is 1. The maximum absolute atomic E-state index is 11.9. The van der Waals surface area contributed by atoms with E-state index in [2.05, 4.69) is 30.6 Å². The number of hydrogen-bond acceptors (Lipinski definition) is 7. The molecule has 28 heavy (non-hydrogen) atoms. The Bertz CT molecular complexity index is 1140. The van der Waals surface area contributed by atoms with Gasteiger partial charge in [0.15, 0.2) is 5.13 Å². The second-order valence-electron chi connectivity index (χ2n) is 5.92. The number of hydrogen-bond donors (Lipinski definition) is 3. The van der Waals surface area contributed by atoms with Crippen LogP contribution < -0.4 is 16.4 Å². The largest absolute Gasteiger partial charge is 0.382 e. The fourth-order valence-corrected chi connectivity index (χ4v) is 3.73. The van der Waals surface area contributed by atoms with E-state index in [1.807, 2.05) is 37.3 Å². The molecule has 0 aliphatic rings. The van der Waals surface area contributed by atoms with Gasteiger partial charge in [-0.1, -0.05) is 17.4 Å². The Morgan fingerprint density at radius 2 is 2.07 bits per heavy atom. The molecule has 3 aromatic heterocycles. The quantitative estimate of drug-likeness (QED) is 0.490. The number of amides is 2. The summed E-state index contributed by atoms with van der Waals surface area (Å²) in [4.78, 5) is 29.4. The molecular weight excluding hydrogens is 374 g/mol. The Morgan fingerprint density at radius 1 is 1.18 bits per heavy atom. The number of anilines is 2. The highest BCUT2D eigenvalue weighted by Gasteiger charge is 2.15. The number of nitrogens with two attached hydrogens (primary N) is 1. The lowest BCUT2D eigenvalue weighted by Gasteiger charge is -2.06. The first kappa shape index (κ1) is 17.8. The number of aromatic nitrogens is 4. The van der Waals surface area contributed by atoms with Gasteiger partial charge in [0.2, 0.25) is 0 Å². The number of fused-ring (bicyclic) bond motifs is 1. The SMILES string of the molecule is CCNC(=O)Nc1nc2cc(-c3cncc(N)n3)cc(-c3ccccn3)c2s1. The molecular formula is C19H17N7OS. The average Bonchev–Trinajstić information content (AvgIpc) is 3.10.